The molecule has 0 aromatic rings. The monoisotopic (exact) mass is 323 g/mol. The maximum absolute atomic E-state index is 12.2. The summed E-state index contributed by atoms with van der Waals surface area (Å²) in [6.07, 6.45) is 3.41. The third kappa shape index (κ3) is 3.38. The summed E-state index contributed by atoms with van der Waals surface area (Å²) in [6, 6.07) is 0.746. The summed E-state index contributed by atoms with van der Waals surface area (Å²) in [4.78, 5) is 28.2. The van der Waals surface area contributed by atoms with Gasteiger partial charge in [-0.15, -0.1) is 0 Å². The third-order valence-electron chi connectivity index (χ3n) is 5.64. The van der Waals surface area contributed by atoms with E-state index in [9.17, 15) is 9.59 Å². The molecule has 0 unspecified atom stereocenters. The van der Waals surface area contributed by atoms with Crippen molar-refractivity contribution in [2.24, 2.45) is 5.41 Å². The van der Waals surface area contributed by atoms with Crippen LogP contribution in [0.3, 0.4) is 0 Å². The van der Waals surface area contributed by atoms with Gasteiger partial charge in [0, 0.05) is 50.3 Å². The lowest BCUT2D eigenvalue weighted by molar-refractivity contribution is -0.160. The molecule has 6 heteroatoms. The highest BCUT2D eigenvalue weighted by Gasteiger charge is 2.51. The van der Waals surface area contributed by atoms with Crippen LogP contribution in [0.1, 0.15) is 40.0 Å². The van der Waals surface area contributed by atoms with E-state index in [2.05, 4.69) is 24.1 Å². The van der Waals surface area contributed by atoms with E-state index >= 15 is 0 Å². The molecule has 2 saturated carbocycles. The smallest absolute Gasteiger partial charge is 0.311 e. The van der Waals surface area contributed by atoms with Crippen LogP contribution in [0, 0.1) is 5.41 Å². The number of ether oxygens (including phenoxy) is 1. The number of carbonyl (C=O) groups is 2. The first-order chi connectivity index (χ1) is 10.9. The van der Waals surface area contributed by atoms with Crippen molar-refractivity contribution in [3.05, 3.63) is 0 Å². The maximum atomic E-state index is 12.2. The van der Waals surface area contributed by atoms with Gasteiger partial charge in [0.25, 0.3) is 0 Å². The van der Waals surface area contributed by atoms with Crippen molar-refractivity contribution in [3.63, 3.8) is 0 Å². The average molecular weight is 323 g/mol. The molecule has 2 atom stereocenters. The quantitative estimate of drug-likeness (QED) is 0.770. The number of piperazine rings is 1. The number of nitrogens with zero attached hydrogens (tertiary/aromatic N) is 2. The molecule has 0 aromatic carbocycles. The predicted molar refractivity (Wildman–Crippen MR) is 86.9 cm³/mol. The van der Waals surface area contributed by atoms with Crippen LogP contribution in [-0.2, 0) is 14.3 Å². The Balaban J connectivity index is 1.47. The molecule has 2 aliphatic carbocycles. The second-order valence-corrected chi connectivity index (χ2v) is 7.59. The van der Waals surface area contributed by atoms with Crippen LogP contribution < -0.4 is 5.32 Å². The summed E-state index contributed by atoms with van der Waals surface area (Å²) >= 11 is 0. The van der Waals surface area contributed by atoms with Crippen LogP contribution >= 0.6 is 0 Å². The Hall–Kier alpha value is -1.14. The molecule has 0 bridgehead atoms. The minimum Gasteiger partial charge on any atom is -0.378 e. The zero-order valence-electron chi connectivity index (χ0n) is 14.5. The SMILES string of the molecule is CCO[C@@H]1C[C@@H](N2CCN(C(=O)C(=O)NC3CC3)CC2)C1(C)C. The number of hydrogen-bond acceptors (Lipinski definition) is 4. The molecule has 1 N–H and O–H groups in total. The first-order valence-electron chi connectivity index (χ1n) is 8.89. The standard InChI is InChI=1S/C17H29N3O3/c1-4-23-14-11-13(17(14,2)3)19-7-9-20(10-8-19)16(22)15(21)18-12-5-6-12/h12-14H,4-11H2,1-3H3,(H,18,21)/t13-,14-/m1/s1. The highest BCUT2D eigenvalue weighted by Crippen LogP contribution is 2.46. The fourth-order valence-electron chi connectivity index (χ4n) is 3.82. The molecule has 0 aromatic heterocycles. The van der Waals surface area contributed by atoms with E-state index in [1.807, 2.05) is 6.92 Å². The normalized spacial score (nSPS) is 30.7. The molecule has 0 spiro atoms. The van der Waals surface area contributed by atoms with Crippen molar-refractivity contribution in [2.75, 3.05) is 32.8 Å². The summed E-state index contributed by atoms with van der Waals surface area (Å²) in [5, 5.41) is 2.78. The second-order valence-electron chi connectivity index (χ2n) is 7.59. The molecule has 23 heavy (non-hydrogen) atoms. The van der Waals surface area contributed by atoms with Crippen molar-refractivity contribution in [3.8, 4) is 0 Å². The van der Waals surface area contributed by atoms with Crippen molar-refractivity contribution in [1.82, 2.24) is 15.1 Å². The fraction of sp³-hybridized carbons (Fsp3) is 0.882. The van der Waals surface area contributed by atoms with Crippen LogP contribution in [0.25, 0.3) is 0 Å². The molecular weight excluding hydrogens is 294 g/mol. The van der Waals surface area contributed by atoms with E-state index in [4.69, 9.17) is 4.74 Å². The molecule has 6 nitrogen and oxygen atoms in total. The average Bonchev–Trinajstić information content (AvgIpc) is 3.34. The van der Waals surface area contributed by atoms with Gasteiger partial charge in [-0.3, -0.25) is 14.5 Å². The number of amides is 2. The summed E-state index contributed by atoms with van der Waals surface area (Å²) in [5.74, 6) is -0.794. The van der Waals surface area contributed by atoms with Gasteiger partial charge in [-0.1, -0.05) is 13.8 Å². The fourth-order valence-corrected chi connectivity index (χ4v) is 3.82. The molecule has 130 valence electrons. The molecule has 0 radical (unpaired) electrons. The van der Waals surface area contributed by atoms with Gasteiger partial charge >= 0.3 is 11.8 Å². The van der Waals surface area contributed by atoms with Gasteiger partial charge in [-0.2, -0.15) is 0 Å². The first kappa shape index (κ1) is 16.7. The lowest BCUT2D eigenvalue weighted by Gasteiger charge is -2.57. The van der Waals surface area contributed by atoms with Crippen LogP contribution in [0.2, 0.25) is 0 Å². The zero-order chi connectivity index (χ0) is 16.6. The van der Waals surface area contributed by atoms with Gasteiger partial charge < -0.3 is 15.0 Å². The third-order valence-corrected chi connectivity index (χ3v) is 5.64. The minimum atomic E-state index is -0.429. The van der Waals surface area contributed by atoms with Gasteiger partial charge in [0.15, 0.2) is 0 Å². The molecule has 1 saturated heterocycles. The van der Waals surface area contributed by atoms with Gasteiger partial charge in [0.2, 0.25) is 0 Å². The first-order valence-corrected chi connectivity index (χ1v) is 8.89. The van der Waals surface area contributed by atoms with Gasteiger partial charge in [-0.05, 0) is 26.2 Å². The van der Waals surface area contributed by atoms with E-state index < -0.39 is 5.91 Å². The highest BCUT2D eigenvalue weighted by molar-refractivity contribution is 6.35. The molecule has 3 fully saturated rings. The maximum Gasteiger partial charge on any atom is 0.311 e. The van der Waals surface area contributed by atoms with E-state index in [-0.39, 0.29) is 17.4 Å². The van der Waals surface area contributed by atoms with Crippen molar-refractivity contribution in [2.45, 2.75) is 58.2 Å². The topological polar surface area (TPSA) is 61.9 Å². The largest absolute Gasteiger partial charge is 0.378 e. The number of rotatable bonds is 4. The van der Waals surface area contributed by atoms with Gasteiger partial charge in [0.1, 0.15) is 0 Å². The Labute approximate surface area is 138 Å². The predicted octanol–water partition coefficient (Wildman–Crippen LogP) is 0.613. The zero-order valence-corrected chi connectivity index (χ0v) is 14.5. The van der Waals surface area contributed by atoms with E-state index in [0.29, 0.717) is 25.2 Å². The molecule has 3 aliphatic rings. The van der Waals surface area contributed by atoms with Crippen LogP contribution in [0.4, 0.5) is 0 Å². The summed E-state index contributed by atoms with van der Waals surface area (Å²) in [7, 11) is 0. The Kier molecular flexibility index (Phi) is 4.65. The van der Waals surface area contributed by atoms with Crippen LogP contribution in [0.15, 0.2) is 0 Å². The molecule has 1 heterocycles. The Morgan fingerprint density at radius 2 is 1.83 bits per heavy atom. The Morgan fingerprint density at radius 1 is 1.17 bits per heavy atom. The van der Waals surface area contributed by atoms with Crippen molar-refractivity contribution in [1.29, 1.82) is 0 Å². The highest BCUT2D eigenvalue weighted by atomic mass is 16.5. The Morgan fingerprint density at radius 3 is 2.35 bits per heavy atom. The van der Waals surface area contributed by atoms with E-state index in [1.165, 1.54) is 0 Å². The lowest BCUT2D eigenvalue weighted by atomic mass is 9.63. The lowest BCUT2D eigenvalue weighted by Crippen LogP contribution is -2.65. The summed E-state index contributed by atoms with van der Waals surface area (Å²) in [6.45, 7) is 10.3. The van der Waals surface area contributed by atoms with E-state index in [1.54, 1.807) is 4.90 Å². The summed E-state index contributed by atoms with van der Waals surface area (Å²) < 4.78 is 5.80. The minimum absolute atomic E-state index is 0.158. The molecule has 2 amide bonds. The van der Waals surface area contributed by atoms with Gasteiger partial charge in [-0.25, -0.2) is 0 Å². The van der Waals surface area contributed by atoms with Crippen molar-refractivity contribution >= 4 is 11.8 Å². The van der Waals surface area contributed by atoms with Crippen molar-refractivity contribution < 1.29 is 14.3 Å². The molecular formula is C17H29N3O3. The van der Waals surface area contributed by atoms with Gasteiger partial charge in [0.05, 0.1) is 6.10 Å². The molecule has 1 aliphatic heterocycles. The Bertz CT molecular complexity index is 468. The number of carbonyl (C=O) groups excluding carboxylic acids is 2. The van der Waals surface area contributed by atoms with E-state index in [0.717, 1.165) is 39.0 Å². The second kappa shape index (κ2) is 6.40. The molecule has 3 rings (SSSR count). The number of nitrogens with one attached hydrogen (secondary N) is 1. The van der Waals surface area contributed by atoms with Crippen LogP contribution in [-0.4, -0.2) is 72.6 Å². The van der Waals surface area contributed by atoms with Crippen LogP contribution in [0.5, 0.6) is 0 Å². The number of hydrogen-bond donors (Lipinski definition) is 1. The summed E-state index contributed by atoms with van der Waals surface area (Å²) in [5.41, 5.74) is 0.158.